The van der Waals surface area contributed by atoms with Crippen molar-refractivity contribution in [3.8, 4) is 11.1 Å². The summed E-state index contributed by atoms with van der Waals surface area (Å²) >= 11 is 1.44. The van der Waals surface area contributed by atoms with Crippen molar-refractivity contribution < 1.29 is 4.39 Å². The second kappa shape index (κ2) is 6.81. The van der Waals surface area contributed by atoms with E-state index in [9.17, 15) is 4.39 Å². The molecule has 0 amide bonds. The number of rotatable bonds is 4. The second-order valence-electron chi connectivity index (χ2n) is 7.37. The Kier molecular flexibility index (Phi) is 4.24. The number of benzene rings is 1. The first-order valence-corrected chi connectivity index (χ1v) is 10.2. The van der Waals surface area contributed by atoms with Gasteiger partial charge in [0.2, 0.25) is 0 Å². The van der Waals surface area contributed by atoms with Gasteiger partial charge >= 0.3 is 0 Å². The maximum Gasteiger partial charge on any atom is 0.142 e. The van der Waals surface area contributed by atoms with Gasteiger partial charge in [-0.2, -0.15) is 5.10 Å². The Bertz CT molecular complexity index is 1230. The first-order chi connectivity index (χ1) is 14.0. The average molecular weight is 409 g/mol. The molecule has 0 aliphatic carbocycles. The molecule has 148 valence electrons. The molecular formula is C21H21FN6S. The van der Waals surface area contributed by atoms with E-state index < -0.39 is 0 Å². The van der Waals surface area contributed by atoms with Crippen molar-refractivity contribution in [3.05, 3.63) is 54.2 Å². The molecule has 1 N–H and O–H groups in total. The van der Waals surface area contributed by atoms with E-state index in [1.807, 2.05) is 50.2 Å². The minimum Gasteiger partial charge on any atom is -0.374 e. The molecule has 5 rings (SSSR count). The first-order valence-electron chi connectivity index (χ1n) is 9.42. The average Bonchev–Trinajstić information content (AvgIpc) is 3.39. The number of aryl methyl sites for hydroxylation is 2. The van der Waals surface area contributed by atoms with Crippen LogP contribution in [-0.4, -0.2) is 32.9 Å². The smallest absolute Gasteiger partial charge is 0.142 e. The highest BCUT2D eigenvalue weighted by atomic mass is 32.2. The largest absolute Gasteiger partial charge is 0.374 e. The summed E-state index contributed by atoms with van der Waals surface area (Å²) in [6, 6.07) is 7.63. The molecule has 8 heteroatoms. The minimum absolute atomic E-state index is 0.139. The molecule has 0 saturated carbocycles. The molecule has 0 unspecified atom stereocenters. The number of hydrogen-bond acceptors (Lipinski definition) is 5. The number of hydrogen-bond donors (Lipinski definition) is 1. The number of nitrogens with zero attached hydrogens (tertiary/aromatic N) is 5. The zero-order valence-corrected chi connectivity index (χ0v) is 17.3. The van der Waals surface area contributed by atoms with Gasteiger partial charge in [-0.15, -0.1) is 0 Å². The van der Waals surface area contributed by atoms with Crippen LogP contribution in [0.15, 0.2) is 47.9 Å². The van der Waals surface area contributed by atoms with Gasteiger partial charge in [0.05, 0.1) is 11.1 Å². The number of fused-ring (bicyclic) bond motifs is 2. The summed E-state index contributed by atoms with van der Waals surface area (Å²) in [6.45, 7) is 0.848. The monoisotopic (exact) mass is 408 g/mol. The summed E-state index contributed by atoms with van der Waals surface area (Å²) < 4.78 is 22.0. The molecule has 1 aromatic carbocycles. The molecule has 4 aromatic rings. The molecule has 3 aromatic heterocycles. The molecule has 6 nitrogen and oxygen atoms in total. The van der Waals surface area contributed by atoms with Crippen LogP contribution in [0.2, 0.25) is 0 Å². The van der Waals surface area contributed by atoms with Crippen LogP contribution < -0.4 is 9.62 Å². The fourth-order valence-electron chi connectivity index (χ4n) is 3.93. The highest BCUT2D eigenvalue weighted by molar-refractivity contribution is 8.00. The third-order valence-electron chi connectivity index (χ3n) is 5.40. The Morgan fingerprint density at radius 2 is 2.03 bits per heavy atom. The highest BCUT2D eigenvalue weighted by Gasteiger charge is 2.23. The van der Waals surface area contributed by atoms with Crippen molar-refractivity contribution in [3.63, 3.8) is 0 Å². The maximum absolute atomic E-state index is 14.8. The number of anilines is 2. The summed E-state index contributed by atoms with van der Waals surface area (Å²) in [7, 11) is 5.87. The second-order valence-corrected chi connectivity index (χ2v) is 8.20. The van der Waals surface area contributed by atoms with Gasteiger partial charge < -0.3 is 14.2 Å². The first kappa shape index (κ1) is 18.1. The van der Waals surface area contributed by atoms with Crippen LogP contribution in [0.1, 0.15) is 5.56 Å². The molecule has 1 aliphatic heterocycles. The van der Waals surface area contributed by atoms with Gasteiger partial charge in [0, 0.05) is 75.0 Å². The minimum atomic E-state index is -0.139. The van der Waals surface area contributed by atoms with Gasteiger partial charge in [0.25, 0.3) is 0 Å². The lowest BCUT2D eigenvalue weighted by atomic mass is 10.0. The molecule has 1 aliphatic rings. The van der Waals surface area contributed by atoms with Crippen molar-refractivity contribution in [2.45, 2.75) is 11.4 Å². The van der Waals surface area contributed by atoms with Crippen LogP contribution in [-0.2, 0) is 20.5 Å². The Morgan fingerprint density at radius 1 is 1.17 bits per heavy atom. The summed E-state index contributed by atoms with van der Waals surface area (Å²) in [6.07, 6.45) is 6.46. The fourth-order valence-corrected chi connectivity index (χ4v) is 4.61. The van der Waals surface area contributed by atoms with Crippen molar-refractivity contribution in [2.75, 3.05) is 23.2 Å². The maximum atomic E-state index is 14.8. The van der Waals surface area contributed by atoms with E-state index in [-0.39, 0.29) is 5.82 Å². The fraction of sp³-hybridized carbons (Fsp3) is 0.238. The molecular weight excluding hydrogens is 387 g/mol. The summed E-state index contributed by atoms with van der Waals surface area (Å²) in [5, 5.41) is 6.24. The standard InChI is InChI=1S/C21H21FN6S/c1-26-8-5-14-16(22)10-13(11-18(14)26)15-12-27(2)21-20(15)17(4-7-23-21)25-29-19-6-9-28(3)24-19/h4,6-7,9-12H,5,8H2,1-3H3,(H,23,25). The molecule has 4 heterocycles. The van der Waals surface area contributed by atoms with E-state index in [2.05, 4.69) is 25.8 Å². The lowest BCUT2D eigenvalue weighted by Gasteiger charge is -2.14. The number of pyridine rings is 1. The van der Waals surface area contributed by atoms with E-state index in [0.29, 0.717) is 0 Å². The zero-order chi connectivity index (χ0) is 20.1. The lowest BCUT2D eigenvalue weighted by Crippen LogP contribution is -2.12. The third kappa shape index (κ3) is 3.04. The quantitative estimate of drug-likeness (QED) is 0.512. The van der Waals surface area contributed by atoms with Crippen molar-refractivity contribution in [1.82, 2.24) is 19.3 Å². The van der Waals surface area contributed by atoms with Gasteiger partial charge in [-0.25, -0.2) is 9.37 Å². The summed E-state index contributed by atoms with van der Waals surface area (Å²) in [5.41, 5.74) is 5.37. The number of halogens is 1. The van der Waals surface area contributed by atoms with Gasteiger partial charge in [0.1, 0.15) is 16.5 Å². The number of aromatic nitrogens is 4. The Hall–Kier alpha value is -3.00. The highest BCUT2D eigenvalue weighted by Crippen LogP contribution is 2.40. The zero-order valence-electron chi connectivity index (χ0n) is 16.5. The van der Waals surface area contributed by atoms with Crippen LogP contribution in [0.4, 0.5) is 15.8 Å². The molecule has 0 saturated heterocycles. The molecule has 29 heavy (non-hydrogen) atoms. The normalized spacial score (nSPS) is 13.3. The van der Waals surface area contributed by atoms with Crippen LogP contribution >= 0.6 is 11.9 Å². The SMILES string of the molecule is CN1CCc2c(F)cc(-c3cn(C)c4nccc(NSc5ccn(C)n5)c34)cc21. The van der Waals surface area contributed by atoms with Crippen molar-refractivity contribution in [2.24, 2.45) is 14.1 Å². The molecule has 0 radical (unpaired) electrons. The molecule has 0 atom stereocenters. The van der Waals surface area contributed by atoms with Crippen LogP contribution in [0.25, 0.3) is 22.2 Å². The topological polar surface area (TPSA) is 50.9 Å². The Balaban J connectivity index is 1.61. The number of likely N-dealkylation sites (N-methyl/N-ethyl adjacent to an activating group) is 1. The van der Waals surface area contributed by atoms with E-state index in [0.717, 1.165) is 57.1 Å². The van der Waals surface area contributed by atoms with Gasteiger partial charge in [-0.1, -0.05) is 0 Å². The van der Waals surface area contributed by atoms with E-state index in [1.165, 1.54) is 11.9 Å². The van der Waals surface area contributed by atoms with Crippen molar-refractivity contribution >= 4 is 34.4 Å². The van der Waals surface area contributed by atoms with E-state index in [4.69, 9.17) is 0 Å². The Morgan fingerprint density at radius 3 is 2.83 bits per heavy atom. The molecule has 0 spiro atoms. The molecule has 0 fully saturated rings. The van der Waals surface area contributed by atoms with Gasteiger partial charge in [-0.05, 0) is 36.2 Å². The summed E-state index contributed by atoms with van der Waals surface area (Å²) in [5.74, 6) is -0.139. The summed E-state index contributed by atoms with van der Waals surface area (Å²) in [4.78, 5) is 6.66. The third-order valence-corrected chi connectivity index (χ3v) is 6.15. The predicted molar refractivity (Wildman–Crippen MR) is 116 cm³/mol. The van der Waals surface area contributed by atoms with E-state index in [1.54, 1.807) is 16.9 Å². The van der Waals surface area contributed by atoms with Gasteiger partial charge in [-0.3, -0.25) is 4.68 Å². The van der Waals surface area contributed by atoms with Crippen molar-refractivity contribution in [1.29, 1.82) is 0 Å². The van der Waals surface area contributed by atoms with Crippen LogP contribution in [0.5, 0.6) is 0 Å². The van der Waals surface area contributed by atoms with Crippen LogP contribution in [0.3, 0.4) is 0 Å². The predicted octanol–water partition coefficient (Wildman–Crippen LogP) is 4.22. The van der Waals surface area contributed by atoms with Crippen LogP contribution in [0, 0.1) is 5.82 Å². The van der Waals surface area contributed by atoms with Gasteiger partial charge in [0.15, 0.2) is 0 Å². The molecule has 0 bridgehead atoms. The lowest BCUT2D eigenvalue weighted by molar-refractivity contribution is 0.616. The number of nitrogens with one attached hydrogen (secondary N) is 1. The Labute approximate surface area is 172 Å². The van der Waals surface area contributed by atoms with E-state index >= 15 is 0 Å².